The second kappa shape index (κ2) is 8.55. The average molecular weight is 427 g/mol. The molecular weight excluding hydrogens is 405 g/mol. The number of nitrogens with zero attached hydrogens (tertiary/aromatic N) is 1. The van der Waals surface area contributed by atoms with E-state index in [1.54, 1.807) is 26.0 Å². The van der Waals surface area contributed by atoms with Gasteiger partial charge in [-0.2, -0.15) is 0 Å². The zero-order chi connectivity index (χ0) is 22.8. The molecule has 9 heteroatoms. The molecule has 1 heterocycles. The molecular formula is C22H22FN3O5. The summed E-state index contributed by atoms with van der Waals surface area (Å²) in [5, 5.41) is 4.99. The van der Waals surface area contributed by atoms with Crippen LogP contribution in [0.1, 0.15) is 23.6 Å². The number of benzene rings is 2. The van der Waals surface area contributed by atoms with Crippen molar-refractivity contribution >= 4 is 29.5 Å². The number of aryl methyl sites for hydroxylation is 2. The largest absolute Gasteiger partial charge is 0.454 e. The number of carbonyl (C=O) groups is 4. The highest BCUT2D eigenvalue weighted by Crippen LogP contribution is 2.28. The number of anilines is 1. The van der Waals surface area contributed by atoms with E-state index in [0.29, 0.717) is 11.1 Å². The molecule has 0 bridgehead atoms. The number of ether oxygens (including phenoxy) is 1. The fraction of sp³-hybridized carbons (Fsp3) is 0.273. The molecule has 0 aromatic heterocycles. The van der Waals surface area contributed by atoms with Crippen molar-refractivity contribution in [2.75, 3.05) is 18.5 Å². The molecule has 1 aliphatic heterocycles. The van der Waals surface area contributed by atoms with Crippen LogP contribution in [-0.2, 0) is 24.7 Å². The fourth-order valence-corrected chi connectivity index (χ4v) is 3.11. The van der Waals surface area contributed by atoms with Crippen LogP contribution in [0.4, 0.5) is 14.9 Å². The van der Waals surface area contributed by atoms with Crippen molar-refractivity contribution in [1.29, 1.82) is 0 Å². The summed E-state index contributed by atoms with van der Waals surface area (Å²) >= 11 is 0. The smallest absolute Gasteiger partial charge is 0.326 e. The van der Waals surface area contributed by atoms with Crippen molar-refractivity contribution in [1.82, 2.24) is 10.2 Å². The summed E-state index contributed by atoms with van der Waals surface area (Å²) in [4.78, 5) is 49.9. The molecule has 0 saturated carbocycles. The zero-order valence-corrected chi connectivity index (χ0v) is 17.3. The van der Waals surface area contributed by atoms with E-state index in [0.717, 1.165) is 16.5 Å². The van der Waals surface area contributed by atoms with E-state index in [2.05, 4.69) is 10.6 Å². The summed E-state index contributed by atoms with van der Waals surface area (Å²) in [7, 11) is 0. The Bertz CT molecular complexity index is 1050. The van der Waals surface area contributed by atoms with E-state index in [1.807, 2.05) is 19.1 Å². The molecule has 8 nitrogen and oxygen atoms in total. The van der Waals surface area contributed by atoms with E-state index in [1.165, 1.54) is 12.1 Å². The summed E-state index contributed by atoms with van der Waals surface area (Å²) in [5.74, 6) is -2.69. The molecule has 1 saturated heterocycles. The second-order valence-corrected chi connectivity index (χ2v) is 7.49. The molecule has 0 aliphatic carbocycles. The molecule has 1 aliphatic rings. The second-order valence-electron chi connectivity index (χ2n) is 7.49. The SMILES string of the molecule is Cc1ccc([C@@]2(C)NC(=O)N(CC(=O)OCC(=O)Nc3ccc(C)c(F)c3)C2=O)cc1. The summed E-state index contributed by atoms with van der Waals surface area (Å²) < 4.78 is 18.4. The van der Waals surface area contributed by atoms with Gasteiger partial charge in [-0.1, -0.05) is 35.9 Å². The first-order valence-corrected chi connectivity index (χ1v) is 9.53. The lowest BCUT2D eigenvalue weighted by atomic mass is 9.91. The Hall–Kier alpha value is -3.75. The van der Waals surface area contributed by atoms with Gasteiger partial charge in [0, 0.05) is 5.69 Å². The minimum atomic E-state index is -1.31. The third-order valence-electron chi connectivity index (χ3n) is 5.01. The molecule has 2 aromatic carbocycles. The molecule has 0 radical (unpaired) electrons. The molecule has 1 atom stereocenters. The number of imide groups is 1. The van der Waals surface area contributed by atoms with Crippen LogP contribution in [0.25, 0.3) is 0 Å². The minimum absolute atomic E-state index is 0.215. The van der Waals surface area contributed by atoms with Crippen LogP contribution < -0.4 is 10.6 Å². The van der Waals surface area contributed by atoms with Gasteiger partial charge < -0.3 is 15.4 Å². The lowest BCUT2D eigenvalue weighted by molar-refractivity contribution is -0.150. The maximum atomic E-state index is 13.5. The Morgan fingerprint density at radius 1 is 1.13 bits per heavy atom. The van der Waals surface area contributed by atoms with Crippen molar-refractivity contribution in [2.45, 2.75) is 26.3 Å². The predicted molar refractivity (Wildman–Crippen MR) is 110 cm³/mol. The molecule has 0 unspecified atom stereocenters. The zero-order valence-electron chi connectivity index (χ0n) is 17.3. The molecule has 0 spiro atoms. The molecule has 3 rings (SSSR count). The number of esters is 1. The third-order valence-corrected chi connectivity index (χ3v) is 5.01. The molecule has 2 aromatic rings. The van der Waals surface area contributed by atoms with E-state index in [-0.39, 0.29) is 5.69 Å². The topological polar surface area (TPSA) is 105 Å². The maximum absolute atomic E-state index is 13.5. The summed E-state index contributed by atoms with van der Waals surface area (Å²) in [5.41, 5.74) is 0.911. The lowest BCUT2D eigenvalue weighted by Gasteiger charge is -2.22. The molecule has 2 N–H and O–H groups in total. The van der Waals surface area contributed by atoms with Gasteiger partial charge in [0.25, 0.3) is 11.8 Å². The quantitative estimate of drug-likeness (QED) is 0.544. The van der Waals surface area contributed by atoms with Gasteiger partial charge >= 0.3 is 12.0 Å². The third kappa shape index (κ3) is 4.71. The van der Waals surface area contributed by atoms with Crippen molar-refractivity contribution < 1.29 is 28.3 Å². The normalized spacial score (nSPS) is 18.0. The van der Waals surface area contributed by atoms with E-state index < -0.39 is 48.3 Å². The highest BCUT2D eigenvalue weighted by Gasteiger charge is 2.49. The Labute approximate surface area is 178 Å². The van der Waals surface area contributed by atoms with Gasteiger partial charge in [-0.3, -0.25) is 19.3 Å². The molecule has 4 amide bonds. The van der Waals surface area contributed by atoms with Crippen LogP contribution >= 0.6 is 0 Å². The number of urea groups is 1. The number of carbonyl (C=O) groups excluding carboxylic acids is 4. The van der Waals surface area contributed by atoms with Crippen LogP contribution in [0.2, 0.25) is 0 Å². The van der Waals surface area contributed by atoms with Crippen LogP contribution in [0, 0.1) is 19.7 Å². The van der Waals surface area contributed by atoms with Crippen molar-refractivity contribution in [3.05, 3.63) is 65.0 Å². The number of hydrogen-bond donors (Lipinski definition) is 2. The van der Waals surface area contributed by atoms with Crippen molar-refractivity contribution in [3.63, 3.8) is 0 Å². The minimum Gasteiger partial charge on any atom is -0.454 e. The standard InChI is InChI=1S/C22H22FN3O5/c1-13-4-7-15(8-5-13)22(3)20(29)26(21(30)25-22)11-19(28)31-12-18(27)24-16-9-6-14(2)17(23)10-16/h4-10H,11-12H2,1-3H3,(H,24,27)(H,25,30)/t22-/m1/s1. The first kappa shape index (κ1) is 21.9. The van der Waals surface area contributed by atoms with E-state index in [9.17, 15) is 23.6 Å². The van der Waals surface area contributed by atoms with Gasteiger partial charge in [-0.15, -0.1) is 0 Å². The van der Waals surface area contributed by atoms with Crippen LogP contribution in [0.3, 0.4) is 0 Å². The maximum Gasteiger partial charge on any atom is 0.326 e. The van der Waals surface area contributed by atoms with Crippen molar-refractivity contribution in [3.8, 4) is 0 Å². The molecule has 1 fully saturated rings. The lowest BCUT2D eigenvalue weighted by Crippen LogP contribution is -2.41. The van der Waals surface area contributed by atoms with Gasteiger partial charge in [0.1, 0.15) is 17.9 Å². The summed E-state index contributed by atoms with van der Waals surface area (Å²) in [6, 6.07) is 10.5. The van der Waals surface area contributed by atoms with Gasteiger partial charge in [0.15, 0.2) is 6.61 Å². The van der Waals surface area contributed by atoms with E-state index in [4.69, 9.17) is 4.74 Å². The number of nitrogens with one attached hydrogen (secondary N) is 2. The molecule has 162 valence electrons. The monoisotopic (exact) mass is 427 g/mol. The highest BCUT2D eigenvalue weighted by molar-refractivity contribution is 6.09. The van der Waals surface area contributed by atoms with E-state index >= 15 is 0 Å². The van der Waals surface area contributed by atoms with Crippen LogP contribution in [0.5, 0.6) is 0 Å². The first-order chi connectivity index (χ1) is 14.6. The number of amides is 4. The summed E-state index contributed by atoms with van der Waals surface area (Å²) in [6.45, 7) is 3.75. The number of halogens is 1. The Balaban J connectivity index is 1.56. The predicted octanol–water partition coefficient (Wildman–Crippen LogP) is 2.39. The van der Waals surface area contributed by atoms with Crippen LogP contribution in [-0.4, -0.2) is 41.9 Å². The van der Waals surface area contributed by atoms with Gasteiger partial charge in [-0.05, 0) is 44.0 Å². The first-order valence-electron chi connectivity index (χ1n) is 9.53. The summed E-state index contributed by atoms with van der Waals surface area (Å²) in [6.07, 6.45) is 0. The number of hydrogen-bond acceptors (Lipinski definition) is 5. The fourth-order valence-electron chi connectivity index (χ4n) is 3.11. The van der Waals surface area contributed by atoms with Gasteiger partial charge in [0.05, 0.1) is 0 Å². The van der Waals surface area contributed by atoms with Gasteiger partial charge in [0.2, 0.25) is 0 Å². The van der Waals surface area contributed by atoms with Gasteiger partial charge in [-0.25, -0.2) is 9.18 Å². The Kier molecular flexibility index (Phi) is 6.05. The molecule has 31 heavy (non-hydrogen) atoms. The Morgan fingerprint density at radius 3 is 2.45 bits per heavy atom. The average Bonchev–Trinajstić information content (AvgIpc) is 2.93. The van der Waals surface area contributed by atoms with Crippen LogP contribution in [0.15, 0.2) is 42.5 Å². The highest BCUT2D eigenvalue weighted by atomic mass is 19.1. The Morgan fingerprint density at radius 2 is 1.81 bits per heavy atom. The number of rotatable bonds is 6. The van der Waals surface area contributed by atoms with Crippen molar-refractivity contribution in [2.24, 2.45) is 0 Å².